The average Bonchev–Trinajstić information content (AvgIpc) is 2.49. The zero-order chi connectivity index (χ0) is 15.4. The summed E-state index contributed by atoms with van der Waals surface area (Å²) in [6, 6.07) is 5.57. The fourth-order valence-corrected chi connectivity index (χ4v) is 2.82. The van der Waals surface area contributed by atoms with Crippen molar-refractivity contribution in [2.24, 2.45) is 5.92 Å². The van der Waals surface area contributed by atoms with Gasteiger partial charge in [-0.3, -0.25) is 9.59 Å². The van der Waals surface area contributed by atoms with Gasteiger partial charge in [-0.15, -0.1) is 0 Å². The molecule has 114 valence electrons. The van der Waals surface area contributed by atoms with Gasteiger partial charge in [0.15, 0.2) is 0 Å². The van der Waals surface area contributed by atoms with Gasteiger partial charge < -0.3 is 9.64 Å². The Balaban J connectivity index is 2.08. The molecule has 4 nitrogen and oxygen atoms in total. The van der Waals surface area contributed by atoms with Crippen LogP contribution < -0.4 is 0 Å². The van der Waals surface area contributed by atoms with Crippen LogP contribution in [0, 0.1) is 12.8 Å². The number of ether oxygens (including phenoxy) is 1. The first-order chi connectivity index (χ1) is 10.0. The minimum Gasteiger partial charge on any atom is -0.466 e. The Morgan fingerprint density at radius 3 is 2.86 bits per heavy atom. The number of esters is 1. The summed E-state index contributed by atoms with van der Waals surface area (Å²) >= 11 is 3.43. The maximum Gasteiger partial charge on any atom is 0.310 e. The summed E-state index contributed by atoms with van der Waals surface area (Å²) in [6.45, 7) is 5.29. The highest BCUT2D eigenvalue weighted by Gasteiger charge is 2.29. The number of likely N-dealkylation sites (tertiary alicyclic amines) is 1. The standard InChI is InChI=1S/C16H20BrNO3/c1-3-21-16(20)13-5-4-8-18(10-13)15(19)12-6-7-14(17)11(2)9-12/h6-7,9,13H,3-5,8,10H2,1-2H3. The first-order valence-corrected chi connectivity index (χ1v) is 8.04. The van der Waals surface area contributed by atoms with Gasteiger partial charge in [-0.2, -0.15) is 0 Å². The molecular weight excluding hydrogens is 334 g/mol. The number of hydrogen-bond donors (Lipinski definition) is 0. The van der Waals surface area contributed by atoms with Gasteiger partial charge in [0, 0.05) is 23.1 Å². The highest BCUT2D eigenvalue weighted by molar-refractivity contribution is 9.10. The van der Waals surface area contributed by atoms with Crippen molar-refractivity contribution in [1.82, 2.24) is 4.90 Å². The van der Waals surface area contributed by atoms with Crippen LogP contribution in [0.25, 0.3) is 0 Å². The number of nitrogens with zero attached hydrogens (tertiary/aromatic N) is 1. The third-order valence-electron chi connectivity index (χ3n) is 3.73. The zero-order valence-corrected chi connectivity index (χ0v) is 14.0. The molecule has 0 radical (unpaired) electrons. The van der Waals surface area contributed by atoms with E-state index in [0.29, 0.717) is 25.3 Å². The average molecular weight is 354 g/mol. The van der Waals surface area contributed by atoms with Crippen LogP contribution in [-0.2, 0) is 9.53 Å². The maximum atomic E-state index is 12.5. The van der Waals surface area contributed by atoms with Crippen LogP contribution in [0.15, 0.2) is 22.7 Å². The van der Waals surface area contributed by atoms with E-state index in [9.17, 15) is 9.59 Å². The van der Waals surface area contributed by atoms with Crippen molar-refractivity contribution in [3.63, 3.8) is 0 Å². The van der Waals surface area contributed by atoms with Crippen molar-refractivity contribution in [2.45, 2.75) is 26.7 Å². The van der Waals surface area contributed by atoms with E-state index in [1.807, 2.05) is 25.1 Å². The van der Waals surface area contributed by atoms with Crippen LogP contribution in [0.2, 0.25) is 0 Å². The highest BCUT2D eigenvalue weighted by Crippen LogP contribution is 2.22. The molecule has 1 aliphatic rings. The van der Waals surface area contributed by atoms with Gasteiger partial charge in [0.1, 0.15) is 0 Å². The fraction of sp³-hybridized carbons (Fsp3) is 0.500. The number of hydrogen-bond acceptors (Lipinski definition) is 3. The number of halogens is 1. The second-order valence-electron chi connectivity index (χ2n) is 5.31. The number of rotatable bonds is 3. The molecule has 1 aromatic carbocycles. The van der Waals surface area contributed by atoms with E-state index in [1.165, 1.54) is 0 Å². The third kappa shape index (κ3) is 3.84. The van der Waals surface area contributed by atoms with Crippen molar-refractivity contribution >= 4 is 27.8 Å². The molecular formula is C16H20BrNO3. The molecule has 2 rings (SSSR count). The predicted octanol–water partition coefficient (Wildman–Crippen LogP) is 3.17. The molecule has 1 unspecified atom stereocenters. The van der Waals surface area contributed by atoms with Crippen molar-refractivity contribution in [3.8, 4) is 0 Å². The second-order valence-corrected chi connectivity index (χ2v) is 6.16. The van der Waals surface area contributed by atoms with Crippen LogP contribution in [-0.4, -0.2) is 36.5 Å². The van der Waals surface area contributed by atoms with Crippen LogP contribution in [0.4, 0.5) is 0 Å². The molecule has 1 atom stereocenters. The molecule has 0 saturated carbocycles. The lowest BCUT2D eigenvalue weighted by molar-refractivity contribution is -0.149. The van der Waals surface area contributed by atoms with Gasteiger partial charge in [-0.25, -0.2) is 0 Å². The Kier molecular flexibility index (Phi) is 5.39. The number of carbonyl (C=O) groups excluding carboxylic acids is 2. The zero-order valence-electron chi connectivity index (χ0n) is 12.4. The number of amides is 1. The SMILES string of the molecule is CCOC(=O)C1CCCN(C(=O)c2ccc(Br)c(C)c2)C1. The number of benzene rings is 1. The van der Waals surface area contributed by atoms with Crippen LogP contribution in [0.5, 0.6) is 0 Å². The van der Waals surface area contributed by atoms with Crippen molar-refractivity contribution < 1.29 is 14.3 Å². The van der Waals surface area contributed by atoms with E-state index < -0.39 is 0 Å². The first kappa shape index (κ1) is 16.0. The number of carbonyl (C=O) groups is 2. The maximum absolute atomic E-state index is 12.5. The molecule has 1 saturated heterocycles. The molecule has 0 spiro atoms. The first-order valence-electron chi connectivity index (χ1n) is 7.25. The lowest BCUT2D eigenvalue weighted by Gasteiger charge is -2.31. The van der Waals surface area contributed by atoms with E-state index in [4.69, 9.17) is 4.74 Å². The normalized spacial score (nSPS) is 18.4. The number of piperidine rings is 1. The Bertz CT molecular complexity index is 544. The van der Waals surface area contributed by atoms with Crippen molar-refractivity contribution in [2.75, 3.05) is 19.7 Å². The van der Waals surface area contributed by atoms with E-state index >= 15 is 0 Å². The van der Waals surface area contributed by atoms with Gasteiger partial charge in [-0.05, 0) is 50.5 Å². The van der Waals surface area contributed by atoms with Crippen LogP contribution in [0.3, 0.4) is 0 Å². The number of aryl methyl sites for hydroxylation is 1. The molecule has 1 aromatic rings. The van der Waals surface area contributed by atoms with Gasteiger partial charge >= 0.3 is 5.97 Å². The van der Waals surface area contributed by atoms with Crippen molar-refractivity contribution in [1.29, 1.82) is 0 Å². The Morgan fingerprint density at radius 1 is 1.43 bits per heavy atom. The van der Waals surface area contributed by atoms with E-state index in [1.54, 1.807) is 11.8 Å². The van der Waals surface area contributed by atoms with E-state index in [0.717, 1.165) is 22.9 Å². The summed E-state index contributed by atoms with van der Waals surface area (Å²) in [7, 11) is 0. The van der Waals surface area contributed by atoms with Gasteiger partial charge in [0.2, 0.25) is 0 Å². The summed E-state index contributed by atoms with van der Waals surface area (Å²) in [4.78, 5) is 26.1. The summed E-state index contributed by atoms with van der Waals surface area (Å²) in [5.41, 5.74) is 1.69. The highest BCUT2D eigenvalue weighted by atomic mass is 79.9. The monoisotopic (exact) mass is 353 g/mol. The second kappa shape index (κ2) is 7.07. The van der Waals surface area contributed by atoms with Crippen LogP contribution in [0.1, 0.15) is 35.7 Å². The largest absolute Gasteiger partial charge is 0.466 e. The quantitative estimate of drug-likeness (QED) is 0.784. The lowest BCUT2D eigenvalue weighted by Crippen LogP contribution is -2.42. The summed E-state index contributed by atoms with van der Waals surface area (Å²) in [6.07, 6.45) is 1.63. The van der Waals surface area contributed by atoms with E-state index in [-0.39, 0.29) is 17.8 Å². The molecule has 21 heavy (non-hydrogen) atoms. The van der Waals surface area contributed by atoms with Gasteiger partial charge in [0.25, 0.3) is 5.91 Å². The molecule has 0 aliphatic carbocycles. The fourth-order valence-electron chi connectivity index (χ4n) is 2.57. The van der Waals surface area contributed by atoms with E-state index in [2.05, 4.69) is 15.9 Å². The van der Waals surface area contributed by atoms with Gasteiger partial charge in [0.05, 0.1) is 12.5 Å². The lowest BCUT2D eigenvalue weighted by atomic mass is 9.97. The molecule has 1 aliphatic heterocycles. The summed E-state index contributed by atoms with van der Waals surface area (Å²) in [5.74, 6) is -0.402. The summed E-state index contributed by atoms with van der Waals surface area (Å²) < 4.78 is 6.05. The smallest absolute Gasteiger partial charge is 0.310 e. The molecule has 1 amide bonds. The van der Waals surface area contributed by atoms with Crippen LogP contribution >= 0.6 is 15.9 Å². The Hall–Kier alpha value is -1.36. The predicted molar refractivity (Wildman–Crippen MR) is 84.1 cm³/mol. The minimum absolute atomic E-state index is 0.0143. The molecule has 0 N–H and O–H groups in total. The molecule has 0 aromatic heterocycles. The molecule has 0 bridgehead atoms. The molecule has 5 heteroatoms. The summed E-state index contributed by atoms with van der Waals surface area (Å²) in [5, 5.41) is 0. The topological polar surface area (TPSA) is 46.6 Å². The third-order valence-corrected chi connectivity index (χ3v) is 4.62. The Labute approximate surface area is 133 Å². The molecule has 1 heterocycles. The Morgan fingerprint density at radius 2 is 2.19 bits per heavy atom. The van der Waals surface area contributed by atoms with Crippen molar-refractivity contribution in [3.05, 3.63) is 33.8 Å². The van der Waals surface area contributed by atoms with Gasteiger partial charge in [-0.1, -0.05) is 15.9 Å². The minimum atomic E-state index is -0.195. The molecule has 1 fully saturated rings.